The van der Waals surface area contributed by atoms with Gasteiger partial charge in [0, 0.05) is 18.3 Å². The number of aryl methyl sites for hydroxylation is 2. The lowest BCUT2D eigenvalue weighted by molar-refractivity contribution is -0.112. The average Bonchev–Trinajstić information content (AvgIpc) is 3.03. The zero-order valence-corrected chi connectivity index (χ0v) is 29.5. The zero-order valence-electron chi connectivity index (χ0n) is 29.5. The highest BCUT2D eigenvalue weighted by atomic mass is 16.5. The maximum Gasteiger partial charge on any atom is 0.153 e. The van der Waals surface area contributed by atoms with Gasteiger partial charge in [-0.3, -0.25) is 9.79 Å². The summed E-state index contributed by atoms with van der Waals surface area (Å²) in [5, 5.41) is 0. The summed E-state index contributed by atoms with van der Waals surface area (Å²) in [6, 6.07) is 21.3. The summed E-state index contributed by atoms with van der Waals surface area (Å²) in [5.74, 6) is 1.80. The van der Waals surface area contributed by atoms with Crippen LogP contribution in [0.4, 0.5) is 0 Å². The lowest BCUT2D eigenvalue weighted by atomic mass is 9.82. The average molecular weight is 596 g/mol. The molecule has 0 N–H and O–H groups in total. The van der Waals surface area contributed by atoms with Crippen molar-refractivity contribution in [1.82, 2.24) is 0 Å². The van der Waals surface area contributed by atoms with E-state index in [1.807, 2.05) is 46.2 Å². The smallest absolute Gasteiger partial charge is 0.153 e. The molecule has 0 radical (unpaired) electrons. The van der Waals surface area contributed by atoms with Gasteiger partial charge in [0.05, 0.1) is 0 Å². The Balaban J connectivity index is 0.000000962. The van der Waals surface area contributed by atoms with Crippen molar-refractivity contribution in [2.45, 2.75) is 108 Å². The first-order valence-corrected chi connectivity index (χ1v) is 16.5. The lowest BCUT2D eigenvalue weighted by Gasteiger charge is -2.22. The van der Waals surface area contributed by atoms with Gasteiger partial charge in [-0.25, -0.2) is 0 Å². The summed E-state index contributed by atoms with van der Waals surface area (Å²) in [5.41, 5.74) is 9.78. The largest absolute Gasteiger partial charge is 0.489 e. The molecule has 0 fully saturated rings. The van der Waals surface area contributed by atoms with Crippen LogP contribution in [0.3, 0.4) is 0 Å². The van der Waals surface area contributed by atoms with E-state index in [2.05, 4.69) is 108 Å². The highest BCUT2D eigenvalue weighted by Gasteiger charge is 2.21. The third kappa shape index (κ3) is 11.4. The number of rotatable bonds is 5. The highest BCUT2D eigenvalue weighted by molar-refractivity contribution is 5.99. The fourth-order valence-corrected chi connectivity index (χ4v) is 4.64. The minimum atomic E-state index is 0.00810. The van der Waals surface area contributed by atoms with Crippen LogP contribution in [0.1, 0.15) is 127 Å². The number of hydrogen-bond donors (Lipinski definition) is 0. The van der Waals surface area contributed by atoms with Gasteiger partial charge in [-0.05, 0) is 114 Å². The van der Waals surface area contributed by atoms with E-state index >= 15 is 0 Å². The summed E-state index contributed by atoms with van der Waals surface area (Å²) in [7, 11) is 0. The van der Waals surface area contributed by atoms with Gasteiger partial charge in [-0.15, -0.1) is 0 Å². The highest BCUT2D eigenvalue weighted by Crippen LogP contribution is 2.38. The summed E-state index contributed by atoms with van der Waals surface area (Å²) < 4.78 is 6.32. The van der Waals surface area contributed by atoms with Crippen LogP contribution in [-0.2, 0) is 11.4 Å². The van der Waals surface area contributed by atoms with Gasteiger partial charge < -0.3 is 4.74 Å². The molecule has 1 aliphatic heterocycles. The third-order valence-corrected chi connectivity index (χ3v) is 7.25. The number of carbonyl (C=O) groups excluding carboxylic acids is 1. The molecule has 0 aliphatic carbocycles. The second kappa shape index (κ2) is 20.3. The Morgan fingerprint density at radius 2 is 1.52 bits per heavy atom. The Morgan fingerprint density at radius 3 is 2.11 bits per heavy atom. The molecule has 3 nitrogen and oxygen atoms in total. The number of fused-ring (bicyclic) bond motifs is 6. The van der Waals surface area contributed by atoms with Gasteiger partial charge in [0.2, 0.25) is 0 Å². The van der Waals surface area contributed by atoms with Crippen molar-refractivity contribution in [2.75, 3.05) is 0 Å². The molecule has 1 unspecified atom stereocenters. The SMILES string of the molecule is CC.CC.CCC(C)C.CCC=N/C=C(\C)C1c2ccc(C)c(c2)OCc2cccc(c2)/C(=C/C(C)=O)c2cc1ccc2C. The molecule has 0 amide bonds. The minimum absolute atomic E-state index is 0.00810. The third-order valence-electron chi connectivity index (χ3n) is 7.25. The number of hydrogen-bond acceptors (Lipinski definition) is 3. The number of allylic oxidation sites excluding steroid dienone is 2. The van der Waals surface area contributed by atoms with Crippen molar-refractivity contribution in [1.29, 1.82) is 0 Å². The minimum Gasteiger partial charge on any atom is -0.489 e. The van der Waals surface area contributed by atoms with Gasteiger partial charge in [0.1, 0.15) is 12.4 Å². The molecular formula is C41H57NO2. The number of ketones is 1. The van der Waals surface area contributed by atoms with Gasteiger partial charge >= 0.3 is 0 Å². The molecule has 1 atom stereocenters. The van der Waals surface area contributed by atoms with Crippen LogP contribution in [0.25, 0.3) is 5.57 Å². The van der Waals surface area contributed by atoms with E-state index in [-0.39, 0.29) is 11.7 Å². The quantitative estimate of drug-likeness (QED) is 0.217. The van der Waals surface area contributed by atoms with Gasteiger partial charge in [-0.2, -0.15) is 0 Å². The fraction of sp³-hybridized carbons (Fsp3) is 0.415. The maximum atomic E-state index is 12.3. The Hall–Kier alpha value is -3.72. The van der Waals surface area contributed by atoms with Gasteiger partial charge in [0.15, 0.2) is 5.78 Å². The molecule has 1 aliphatic rings. The normalized spacial score (nSPS) is 14.8. The summed E-state index contributed by atoms with van der Waals surface area (Å²) in [6.45, 7) is 25.1. The predicted molar refractivity (Wildman–Crippen MR) is 193 cm³/mol. The van der Waals surface area contributed by atoms with E-state index in [0.29, 0.717) is 6.61 Å². The molecule has 3 aromatic rings. The van der Waals surface area contributed by atoms with Crippen molar-refractivity contribution >= 4 is 17.6 Å². The van der Waals surface area contributed by atoms with Crippen molar-refractivity contribution in [3.63, 3.8) is 0 Å². The molecule has 3 aromatic carbocycles. The van der Waals surface area contributed by atoms with Gasteiger partial charge in [0.25, 0.3) is 0 Å². The Bertz CT molecular complexity index is 1410. The Kier molecular flexibility index (Phi) is 17.7. The predicted octanol–water partition coefficient (Wildman–Crippen LogP) is 11.8. The standard InChI is InChI=1S/C32H33NO2.C5H12.2C2H6/c1-6-14-33-19-23(4)32-27-12-10-21(2)29(17-27)30(15-24(5)34)26-9-7-8-25(16-26)20-35-31-18-28(32)13-11-22(31)3;1-4-5(2)3;2*1-2/h7-19,32H,6,20H2,1-5H3;5H,4H2,1-3H3;2*1-2H3/b23-19+,30-15-,33-14?;;;. The molecule has 0 saturated heterocycles. The molecule has 0 saturated carbocycles. The Morgan fingerprint density at radius 1 is 0.909 bits per heavy atom. The Labute approximate surface area is 269 Å². The van der Waals surface area contributed by atoms with E-state index < -0.39 is 0 Å². The first-order valence-electron chi connectivity index (χ1n) is 16.5. The van der Waals surface area contributed by atoms with Crippen LogP contribution in [0.5, 0.6) is 5.75 Å². The molecule has 238 valence electrons. The van der Waals surface area contributed by atoms with E-state index in [1.165, 1.54) is 6.42 Å². The van der Waals surface area contributed by atoms with Crippen molar-refractivity contribution in [3.8, 4) is 5.75 Å². The first-order chi connectivity index (χ1) is 21.1. The van der Waals surface area contributed by atoms with Crippen LogP contribution in [0.2, 0.25) is 0 Å². The molecule has 4 rings (SSSR count). The van der Waals surface area contributed by atoms with E-state index in [4.69, 9.17) is 4.74 Å². The van der Waals surface area contributed by atoms with Crippen LogP contribution in [0, 0.1) is 19.8 Å². The number of nitrogens with zero attached hydrogens (tertiary/aromatic N) is 1. The van der Waals surface area contributed by atoms with Crippen molar-refractivity contribution in [3.05, 3.63) is 117 Å². The summed E-state index contributed by atoms with van der Waals surface area (Å²) in [6.07, 6.45) is 7.83. The molecular weight excluding hydrogens is 538 g/mol. The van der Waals surface area contributed by atoms with E-state index in [1.54, 1.807) is 13.0 Å². The molecule has 0 aromatic heterocycles. The van der Waals surface area contributed by atoms with Crippen LogP contribution in [-0.4, -0.2) is 12.0 Å². The number of benzene rings is 3. The van der Waals surface area contributed by atoms with Crippen LogP contribution in [0.15, 0.2) is 83.5 Å². The van der Waals surface area contributed by atoms with E-state index in [0.717, 1.165) is 68.2 Å². The zero-order chi connectivity index (χ0) is 33.2. The topological polar surface area (TPSA) is 38.7 Å². The second-order valence-electron chi connectivity index (χ2n) is 11.1. The van der Waals surface area contributed by atoms with Crippen LogP contribution >= 0.6 is 0 Å². The fourth-order valence-electron chi connectivity index (χ4n) is 4.64. The number of ether oxygens (including phenoxy) is 1. The van der Waals surface area contributed by atoms with E-state index in [9.17, 15) is 4.79 Å². The monoisotopic (exact) mass is 595 g/mol. The van der Waals surface area contributed by atoms with Crippen LogP contribution < -0.4 is 4.74 Å². The molecule has 0 spiro atoms. The van der Waals surface area contributed by atoms with Crippen molar-refractivity contribution in [2.24, 2.45) is 10.9 Å². The lowest BCUT2D eigenvalue weighted by Crippen LogP contribution is -2.06. The molecule has 44 heavy (non-hydrogen) atoms. The number of aliphatic imine (C=N–C) groups is 1. The van der Waals surface area contributed by atoms with Crippen molar-refractivity contribution < 1.29 is 9.53 Å². The molecule has 1 heterocycles. The first kappa shape index (κ1) is 38.3. The number of carbonyl (C=O) groups is 1. The molecule has 3 heteroatoms. The maximum absolute atomic E-state index is 12.3. The van der Waals surface area contributed by atoms with Gasteiger partial charge in [-0.1, -0.05) is 104 Å². The summed E-state index contributed by atoms with van der Waals surface area (Å²) >= 11 is 0. The molecule has 6 bridgehead atoms. The second-order valence-corrected chi connectivity index (χ2v) is 11.1. The summed E-state index contributed by atoms with van der Waals surface area (Å²) in [4.78, 5) is 16.8.